The first kappa shape index (κ1) is 75.9. The third kappa shape index (κ3) is 61.6. The van der Waals surface area contributed by atoms with Crippen LogP contribution in [0.1, 0.15) is 309 Å². The molecule has 3 unspecified atom stereocenters. The molecule has 8 nitrogen and oxygen atoms in total. The Kier molecular flexibility index (Phi) is 58.0. The highest BCUT2D eigenvalue weighted by Gasteiger charge is 2.23. The summed E-state index contributed by atoms with van der Waals surface area (Å²) in [6.45, 7) is 4.55. The average Bonchev–Trinajstić information content (AvgIpc) is 3.41. The van der Waals surface area contributed by atoms with E-state index in [9.17, 15) is 19.4 Å². The van der Waals surface area contributed by atoms with Crippen LogP contribution in [0.25, 0.3) is 0 Å². The van der Waals surface area contributed by atoms with Gasteiger partial charge in [0.1, 0.15) is 13.2 Å². The van der Waals surface area contributed by atoms with Gasteiger partial charge in [-0.15, -0.1) is 0 Å². The SMILES string of the molecule is CC/C=C\C/C=C\C/C=C\C/C=C\CCCCCCCCCCCCCCCCCCCCC(=O)NC(COP(=O)([O-])OCC[N+](C)(C)C)C(O)/C=C/CC/C=C/CCCCCCCCCCCCCCCCCCCCC. The van der Waals surface area contributed by atoms with Gasteiger partial charge in [0.2, 0.25) is 5.91 Å². The Morgan fingerprint density at radius 2 is 0.795 bits per heavy atom. The molecule has 0 saturated carbocycles. The van der Waals surface area contributed by atoms with Crippen molar-refractivity contribution in [3.05, 3.63) is 72.9 Å². The van der Waals surface area contributed by atoms with Crippen LogP contribution in [0.2, 0.25) is 0 Å². The number of rotatable bonds is 61. The van der Waals surface area contributed by atoms with Gasteiger partial charge in [0, 0.05) is 6.42 Å². The van der Waals surface area contributed by atoms with E-state index < -0.39 is 26.6 Å². The lowest BCUT2D eigenvalue weighted by atomic mass is 10.0. The van der Waals surface area contributed by atoms with Gasteiger partial charge >= 0.3 is 0 Å². The minimum atomic E-state index is -4.61. The Bertz CT molecular complexity index is 1500. The van der Waals surface area contributed by atoms with E-state index >= 15 is 0 Å². The minimum absolute atomic E-state index is 0.00700. The highest BCUT2D eigenvalue weighted by Crippen LogP contribution is 2.38. The predicted molar refractivity (Wildman–Crippen MR) is 339 cm³/mol. The lowest BCUT2D eigenvalue weighted by Gasteiger charge is -2.29. The second-order valence-electron chi connectivity index (χ2n) is 23.8. The summed E-state index contributed by atoms with van der Waals surface area (Å²) in [6, 6.07) is -0.906. The second kappa shape index (κ2) is 59.6. The van der Waals surface area contributed by atoms with Crippen LogP contribution in [0.15, 0.2) is 72.9 Å². The Labute approximate surface area is 484 Å². The first-order chi connectivity index (χ1) is 38.0. The summed E-state index contributed by atoms with van der Waals surface area (Å²) < 4.78 is 23.4. The third-order valence-corrected chi connectivity index (χ3v) is 15.9. The molecule has 0 aromatic carbocycles. The van der Waals surface area contributed by atoms with E-state index in [1.165, 1.54) is 225 Å². The molecule has 0 heterocycles. The molecule has 9 heteroatoms. The molecule has 0 saturated heterocycles. The predicted octanol–water partition coefficient (Wildman–Crippen LogP) is 20.4. The molecule has 0 aliphatic heterocycles. The number of likely N-dealkylation sites (N-methyl/N-ethyl adjacent to an activating group) is 1. The van der Waals surface area contributed by atoms with Gasteiger partial charge in [-0.2, -0.15) is 0 Å². The normalized spacial score (nSPS) is 14.2. The molecule has 0 rings (SSSR count). The number of phosphoric acid groups is 1. The van der Waals surface area contributed by atoms with Crippen molar-refractivity contribution in [3.8, 4) is 0 Å². The fourth-order valence-corrected chi connectivity index (χ4v) is 10.5. The van der Waals surface area contributed by atoms with Crippen molar-refractivity contribution in [2.45, 2.75) is 321 Å². The second-order valence-corrected chi connectivity index (χ2v) is 25.2. The summed E-state index contributed by atoms with van der Waals surface area (Å²) in [5.74, 6) is -0.204. The van der Waals surface area contributed by atoms with Crippen LogP contribution in [0.3, 0.4) is 0 Å². The topological polar surface area (TPSA) is 108 Å². The number of nitrogens with zero attached hydrogens (tertiary/aromatic N) is 1. The molecule has 0 aromatic heterocycles. The van der Waals surface area contributed by atoms with Crippen molar-refractivity contribution in [2.75, 3.05) is 40.9 Å². The Morgan fingerprint density at radius 3 is 1.19 bits per heavy atom. The maximum atomic E-state index is 13.0. The highest BCUT2D eigenvalue weighted by atomic mass is 31.2. The summed E-state index contributed by atoms with van der Waals surface area (Å²) in [7, 11) is 1.25. The standard InChI is InChI=1S/C69H129N2O6P/c1-6-8-10-12-14-16-18-20-22-24-26-28-30-32-33-34-35-36-37-39-41-43-45-47-49-51-53-55-57-59-61-63-69(73)70-67(66-77-78(74,75)76-65-64-71(3,4)5)68(72)62-60-58-56-54-52-50-48-46-44-42-40-38-31-29-27-25-23-21-19-17-15-13-11-9-7-2/h8,10,14,16,20,22,26,28,52,54,60,62,67-68,72H,6-7,9,11-13,15,17-19,21,23-25,27,29-51,53,55-59,61,63-66H2,1-5H3,(H-,70,73,74,75)/b10-8-,16-14-,22-20-,28-26-,54-52+,62-60+. The molecule has 0 spiro atoms. The molecular weight excluding hydrogens is 984 g/mol. The Morgan fingerprint density at radius 1 is 0.462 bits per heavy atom. The molecular formula is C69H129N2O6P. The van der Waals surface area contributed by atoms with Crippen molar-refractivity contribution < 1.29 is 32.9 Å². The van der Waals surface area contributed by atoms with Crippen molar-refractivity contribution in [1.82, 2.24) is 5.32 Å². The van der Waals surface area contributed by atoms with Crippen LogP contribution < -0.4 is 10.2 Å². The molecule has 78 heavy (non-hydrogen) atoms. The monoisotopic (exact) mass is 1110 g/mol. The maximum Gasteiger partial charge on any atom is 0.268 e. The number of allylic oxidation sites excluding steroid dienone is 11. The number of hydrogen-bond donors (Lipinski definition) is 2. The zero-order chi connectivity index (χ0) is 57.0. The van der Waals surface area contributed by atoms with Crippen LogP contribution in [-0.4, -0.2) is 68.5 Å². The van der Waals surface area contributed by atoms with Crippen molar-refractivity contribution in [3.63, 3.8) is 0 Å². The van der Waals surface area contributed by atoms with E-state index in [4.69, 9.17) is 9.05 Å². The first-order valence-corrected chi connectivity index (χ1v) is 34.8. The molecule has 2 N–H and O–H groups in total. The van der Waals surface area contributed by atoms with Gasteiger partial charge < -0.3 is 28.8 Å². The van der Waals surface area contributed by atoms with Gasteiger partial charge in [-0.1, -0.05) is 305 Å². The molecule has 0 bridgehead atoms. The van der Waals surface area contributed by atoms with E-state index in [-0.39, 0.29) is 12.5 Å². The largest absolute Gasteiger partial charge is 0.756 e. The Hall–Kier alpha value is -2.06. The van der Waals surface area contributed by atoms with Crippen LogP contribution in [0, 0.1) is 0 Å². The summed E-state index contributed by atoms with van der Waals surface area (Å²) in [5.41, 5.74) is 0. The number of hydrogen-bond acceptors (Lipinski definition) is 6. The van der Waals surface area contributed by atoms with Gasteiger partial charge in [-0.3, -0.25) is 9.36 Å². The number of quaternary nitrogens is 1. The number of phosphoric ester groups is 1. The molecule has 456 valence electrons. The lowest BCUT2D eigenvalue weighted by molar-refractivity contribution is -0.870. The van der Waals surface area contributed by atoms with Crippen LogP contribution in [0.4, 0.5) is 0 Å². The number of carbonyl (C=O) groups excluding carboxylic acids is 1. The number of carbonyl (C=O) groups is 1. The minimum Gasteiger partial charge on any atom is -0.756 e. The maximum absolute atomic E-state index is 13.0. The van der Waals surface area contributed by atoms with Gasteiger partial charge in [0.15, 0.2) is 0 Å². The molecule has 0 fully saturated rings. The zero-order valence-electron chi connectivity index (χ0n) is 52.1. The van der Waals surface area contributed by atoms with Crippen molar-refractivity contribution in [1.29, 1.82) is 0 Å². The lowest BCUT2D eigenvalue weighted by Crippen LogP contribution is -2.45. The van der Waals surface area contributed by atoms with Crippen LogP contribution in [0.5, 0.6) is 0 Å². The van der Waals surface area contributed by atoms with Gasteiger partial charge in [0.05, 0.1) is 39.9 Å². The van der Waals surface area contributed by atoms with E-state index in [0.717, 1.165) is 64.2 Å². The highest BCUT2D eigenvalue weighted by molar-refractivity contribution is 7.45. The van der Waals surface area contributed by atoms with E-state index in [0.29, 0.717) is 17.4 Å². The number of aliphatic hydroxyl groups excluding tert-OH is 1. The van der Waals surface area contributed by atoms with Crippen LogP contribution >= 0.6 is 7.82 Å². The third-order valence-electron chi connectivity index (χ3n) is 14.9. The molecule has 0 aliphatic rings. The fraction of sp³-hybridized carbons (Fsp3) is 0.812. The molecule has 0 aromatic rings. The van der Waals surface area contributed by atoms with Crippen LogP contribution in [-0.2, 0) is 18.4 Å². The molecule has 3 atom stereocenters. The molecule has 0 aliphatic carbocycles. The van der Waals surface area contributed by atoms with Crippen molar-refractivity contribution in [2.24, 2.45) is 0 Å². The average molecular weight is 1110 g/mol. The summed E-state index contributed by atoms with van der Waals surface area (Å²) in [4.78, 5) is 25.6. The fourth-order valence-electron chi connectivity index (χ4n) is 9.75. The summed E-state index contributed by atoms with van der Waals surface area (Å²) in [6.07, 6.45) is 83.0. The first-order valence-electron chi connectivity index (χ1n) is 33.3. The zero-order valence-corrected chi connectivity index (χ0v) is 53.0. The van der Waals surface area contributed by atoms with Crippen molar-refractivity contribution >= 4 is 13.7 Å². The quantitative estimate of drug-likeness (QED) is 0.0272. The smallest absolute Gasteiger partial charge is 0.268 e. The van der Waals surface area contributed by atoms with Gasteiger partial charge in [0.25, 0.3) is 7.82 Å². The summed E-state index contributed by atoms with van der Waals surface area (Å²) >= 11 is 0. The number of aliphatic hydroxyl groups is 1. The molecule has 0 radical (unpaired) electrons. The van der Waals surface area contributed by atoms with Gasteiger partial charge in [-0.05, 0) is 70.6 Å². The van der Waals surface area contributed by atoms with E-state index in [1.54, 1.807) is 6.08 Å². The number of amides is 1. The van der Waals surface area contributed by atoms with E-state index in [2.05, 4.69) is 79.9 Å². The number of unbranched alkanes of at least 4 members (excludes halogenated alkanes) is 38. The summed E-state index contributed by atoms with van der Waals surface area (Å²) in [5, 5.41) is 13.9. The van der Waals surface area contributed by atoms with E-state index in [1.807, 2.05) is 27.2 Å². The number of nitrogens with one attached hydrogen (secondary N) is 1. The van der Waals surface area contributed by atoms with Gasteiger partial charge in [-0.25, -0.2) is 0 Å². The Balaban J connectivity index is 4.12. The molecule has 1 amide bonds.